The molecule has 2 aliphatic rings. The van der Waals surface area contributed by atoms with Gasteiger partial charge < -0.3 is 9.64 Å². The van der Waals surface area contributed by atoms with Crippen molar-refractivity contribution in [3.63, 3.8) is 0 Å². The first-order valence-electron chi connectivity index (χ1n) is 11.3. The molecule has 0 spiro atoms. The lowest BCUT2D eigenvalue weighted by Crippen LogP contribution is -2.39. The Morgan fingerprint density at radius 3 is 2.55 bits per heavy atom. The molecule has 0 bridgehead atoms. The number of pyridine rings is 1. The molecular weight excluding hydrogens is 433 g/mol. The van der Waals surface area contributed by atoms with E-state index >= 15 is 0 Å². The lowest BCUT2D eigenvalue weighted by molar-refractivity contribution is -0.182. The van der Waals surface area contributed by atoms with Gasteiger partial charge in [0.25, 0.3) is 0 Å². The lowest BCUT2D eigenvalue weighted by atomic mass is 9.79. The molecule has 3 aromatic heterocycles. The number of rotatable bonds is 3. The Bertz CT molecular complexity index is 1140. The van der Waals surface area contributed by atoms with Crippen molar-refractivity contribution >= 4 is 17.0 Å². The number of morpholine rings is 1. The molecule has 10 heteroatoms. The highest BCUT2D eigenvalue weighted by atomic mass is 19.4. The fourth-order valence-corrected chi connectivity index (χ4v) is 4.90. The van der Waals surface area contributed by atoms with Gasteiger partial charge in [-0.15, -0.1) is 0 Å². The molecule has 1 aliphatic heterocycles. The highest BCUT2D eigenvalue weighted by Crippen LogP contribution is 2.44. The molecule has 4 heterocycles. The van der Waals surface area contributed by atoms with Crippen LogP contribution in [0.1, 0.15) is 54.7 Å². The predicted molar refractivity (Wildman–Crippen MR) is 117 cm³/mol. The molecular formula is C23H27F3N6O. The number of hydrogen-bond donors (Lipinski definition) is 0. The van der Waals surface area contributed by atoms with Gasteiger partial charge in [0, 0.05) is 42.4 Å². The van der Waals surface area contributed by atoms with Crippen LogP contribution < -0.4 is 4.90 Å². The van der Waals surface area contributed by atoms with Crippen LogP contribution in [0.15, 0.2) is 24.5 Å². The number of fused-ring (bicyclic) bond motifs is 1. The zero-order valence-electron chi connectivity index (χ0n) is 18.7. The van der Waals surface area contributed by atoms with Crippen molar-refractivity contribution in [2.45, 2.75) is 50.8 Å². The number of alkyl halides is 3. The zero-order chi connectivity index (χ0) is 23.2. The van der Waals surface area contributed by atoms with Gasteiger partial charge in [0.1, 0.15) is 6.10 Å². The third-order valence-electron chi connectivity index (χ3n) is 6.74. The van der Waals surface area contributed by atoms with E-state index < -0.39 is 12.1 Å². The van der Waals surface area contributed by atoms with Crippen LogP contribution in [0.2, 0.25) is 0 Å². The normalized spacial score (nSPS) is 24.4. The number of nitrogens with zero attached hydrogens (tertiary/aromatic N) is 6. The summed E-state index contributed by atoms with van der Waals surface area (Å²) in [6.45, 7) is 3.63. The number of hydrogen-bond acceptors (Lipinski definition) is 6. The summed E-state index contributed by atoms with van der Waals surface area (Å²) in [5.74, 6) is -0.695. The Labute approximate surface area is 190 Å². The molecule has 0 aromatic carbocycles. The second kappa shape index (κ2) is 8.55. The summed E-state index contributed by atoms with van der Waals surface area (Å²) in [6, 6.07) is 3.85. The first kappa shape index (κ1) is 22.1. The summed E-state index contributed by atoms with van der Waals surface area (Å²) < 4.78 is 47.3. The highest BCUT2D eigenvalue weighted by molar-refractivity contribution is 5.79. The summed E-state index contributed by atoms with van der Waals surface area (Å²) in [6.07, 6.45) is 0.649. The SMILES string of the molecule is Cc1ccc2c(C3CCC(C(F)(F)F)CC3)nc(N3CCO[C@@H](c4cnn(C)c4)C3)nc2n1. The van der Waals surface area contributed by atoms with E-state index in [1.807, 2.05) is 32.3 Å². The largest absolute Gasteiger partial charge is 0.391 e. The first-order chi connectivity index (χ1) is 15.8. The van der Waals surface area contributed by atoms with E-state index in [0.717, 1.165) is 22.3 Å². The van der Waals surface area contributed by atoms with Crippen LogP contribution in [-0.4, -0.2) is 50.6 Å². The van der Waals surface area contributed by atoms with Crippen molar-refractivity contribution in [1.29, 1.82) is 0 Å². The minimum Gasteiger partial charge on any atom is -0.370 e. The van der Waals surface area contributed by atoms with Gasteiger partial charge in [-0.3, -0.25) is 4.68 Å². The summed E-state index contributed by atoms with van der Waals surface area (Å²) in [5.41, 5.74) is 3.24. The molecule has 176 valence electrons. The van der Waals surface area contributed by atoms with Crippen molar-refractivity contribution in [2.75, 3.05) is 24.6 Å². The summed E-state index contributed by atoms with van der Waals surface area (Å²) >= 11 is 0. The van der Waals surface area contributed by atoms with E-state index in [-0.39, 0.29) is 24.9 Å². The van der Waals surface area contributed by atoms with Gasteiger partial charge in [0.05, 0.1) is 31.0 Å². The lowest BCUT2D eigenvalue weighted by Gasteiger charge is -2.34. The number of ether oxygens (including phenoxy) is 1. The molecule has 0 radical (unpaired) electrons. The van der Waals surface area contributed by atoms with Crippen LogP contribution >= 0.6 is 0 Å². The second-order valence-electron chi connectivity index (χ2n) is 9.08. The quantitative estimate of drug-likeness (QED) is 0.574. The Balaban J connectivity index is 1.46. The van der Waals surface area contributed by atoms with E-state index in [1.54, 1.807) is 10.9 Å². The van der Waals surface area contributed by atoms with Crippen LogP contribution in [0.25, 0.3) is 11.0 Å². The smallest absolute Gasteiger partial charge is 0.370 e. The summed E-state index contributed by atoms with van der Waals surface area (Å²) in [4.78, 5) is 16.4. The molecule has 1 atom stereocenters. The molecule has 33 heavy (non-hydrogen) atoms. The topological polar surface area (TPSA) is 69.0 Å². The molecule has 2 fully saturated rings. The Kier molecular flexibility index (Phi) is 5.72. The molecule has 1 saturated heterocycles. The van der Waals surface area contributed by atoms with E-state index in [4.69, 9.17) is 14.7 Å². The van der Waals surface area contributed by atoms with Gasteiger partial charge >= 0.3 is 6.18 Å². The standard InChI is InChI=1S/C23H27F3N6O/c1-14-3-8-18-20(15-4-6-17(7-5-15)23(24,25)26)29-22(30-21(18)28-14)32-9-10-33-19(13-32)16-11-27-31(2)12-16/h3,8,11-12,15,17,19H,4-7,9-10,13H2,1-2H3/t15?,17?,19-/m1/s1. The van der Waals surface area contributed by atoms with Crippen molar-refractivity contribution < 1.29 is 17.9 Å². The Morgan fingerprint density at radius 1 is 1.06 bits per heavy atom. The maximum Gasteiger partial charge on any atom is 0.391 e. The summed E-state index contributed by atoms with van der Waals surface area (Å²) in [5, 5.41) is 5.07. The predicted octanol–water partition coefficient (Wildman–Crippen LogP) is 4.48. The minimum absolute atomic E-state index is 0.0347. The molecule has 1 aliphatic carbocycles. The van der Waals surface area contributed by atoms with E-state index in [1.165, 1.54) is 0 Å². The van der Waals surface area contributed by atoms with Crippen molar-refractivity contribution in [3.8, 4) is 0 Å². The second-order valence-corrected chi connectivity index (χ2v) is 9.08. The van der Waals surface area contributed by atoms with Gasteiger partial charge in [-0.05, 0) is 44.7 Å². The minimum atomic E-state index is -4.13. The molecule has 1 saturated carbocycles. The number of aromatic nitrogens is 5. The highest BCUT2D eigenvalue weighted by Gasteiger charge is 2.42. The molecule has 5 rings (SSSR count). The third kappa shape index (κ3) is 4.53. The van der Waals surface area contributed by atoms with Gasteiger partial charge in [-0.25, -0.2) is 9.97 Å². The Morgan fingerprint density at radius 2 is 1.85 bits per heavy atom. The van der Waals surface area contributed by atoms with Gasteiger partial charge in [0.15, 0.2) is 5.65 Å². The fraction of sp³-hybridized carbons (Fsp3) is 0.565. The Hall–Kier alpha value is -2.75. The first-order valence-corrected chi connectivity index (χ1v) is 11.3. The van der Waals surface area contributed by atoms with Crippen LogP contribution in [0, 0.1) is 12.8 Å². The number of halogens is 3. The van der Waals surface area contributed by atoms with Gasteiger partial charge in [-0.1, -0.05) is 0 Å². The van der Waals surface area contributed by atoms with Crippen LogP contribution in [0.3, 0.4) is 0 Å². The van der Waals surface area contributed by atoms with Crippen molar-refractivity contribution in [2.24, 2.45) is 13.0 Å². The number of aryl methyl sites for hydroxylation is 2. The number of anilines is 1. The van der Waals surface area contributed by atoms with Crippen molar-refractivity contribution in [1.82, 2.24) is 24.7 Å². The zero-order valence-corrected chi connectivity index (χ0v) is 18.7. The van der Waals surface area contributed by atoms with Crippen LogP contribution in [0.4, 0.5) is 19.1 Å². The van der Waals surface area contributed by atoms with Gasteiger partial charge in [-0.2, -0.15) is 23.3 Å². The average molecular weight is 461 g/mol. The van der Waals surface area contributed by atoms with Crippen molar-refractivity contribution in [3.05, 3.63) is 41.5 Å². The molecule has 0 amide bonds. The molecule has 0 unspecified atom stereocenters. The van der Waals surface area contributed by atoms with E-state index in [0.29, 0.717) is 44.1 Å². The van der Waals surface area contributed by atoms with Crippen LogP contribution in [-0.2, 0) is 11.8 Å². The maximum absolute atomic E-state index is 13.2. The maximum atomic E-state index is 13.2. The van der Waals surface area contributed by atoms with E-state index in [9.17, 15) is 13.2 Å². The van der Waals surface area contributed by atoms with Gasteiger partial charge in [0.2, 0.25) is 5.95 Å². The molecule has 0 N–H and O–H groups in total. The molecule has 7 nitrogen and oxygen atoms in total. The summed E-state index contributed by atoms with van der Waals surface area (Å²) in [7, 11) is 1.87. The average Bonchev–Trinajstić information content (AvgIpc) is 3.24. The molecule has 3 aromatic rings. The fourth-order valence-electron chi connectivity index (χ4n) is 4.90. The van der Waals surface area contributed by atoms with E-state index in [2.05, 4.69) is 15.0 Å². The monoisotopic (exact) mass is 460 g/mol. The third-order valence-corrected chi connectivity index (χ3v) is 6.74. The van der Waals surface area contributed by atoms with Crippen LogP contribution in [0.5, 0.6) is 0 Å².